The van der Waals surface area contributed by atoms with Crippen LogP contribution in [0.3, 0.4) is 0 Å². The molecule has 0 aliphatic carbocycles. The maximum Gasteiger partial charge on any atom is 0.226 e. The predicted octanol–water partition coefficient (Wildman–Crippen LogP) is 4.61. The van der Waals surface area contributed by atoms with Gasteiger partial charge < -0.3 is 9.73 Å². The number of benzene rings is 2. The lowest BCUT2D eigenvalue weighted by Gasteiger charge is -2.10. The van der Waals surface area contributed by atoms with Gasteiger partial charge >= 0.3 is 0 Å². The third-order valence-corrected chi connectivity index (χ3v) is 4.59. The number of nitrogens with one attached hydrogen (secondary N) is 1. The highest BCUT2D eigenvalue weighted by atomic mass is 32.2. The molecule has 2 heterocycles. The minimum Gasteiger partial charge on any atom is -0.424 e. The van der Waals surface area contributed by atoms with Crippen molar-refractivity contribution in [3.05, 3.63) is 66.4 Å². The van der Waals surface area contributed by atoms with Gasteiger partial charge in [-0.25, -0.2) is 9.97 Å². The highest BCUT2D eigenvalue weighted by Crippen LogP contribution is 2.28. The Morgan fingerprint density at radius 2 is 1.69 bits per heavy atom. The van der Waals surface area contributed by atoms with E-state index in [1.54, 1.807) is 0 Å². The fraction of sp³-hybridized carbons (Fsp3) is 0.158. The summed E-state index contributed by atoms with van der Waals surface area (Å²) in [6.45, 7) is 1.98. The van der Waals surface area contributed by atoms with Crippen LogP contribution in [0.25, 0.3) is 10.9 Å². The first kappa shape index (κ1) is 16.5. The number of para-hydroxylation sites is 2. The molecule has 6 nitrogen and oxygen atoms in total. The highest BCUT2D eigenvalue weighted by molar-refractivity contribution is 7.98. The summed E-state index contributed by atoms with van der Waals surface area (Å²) in [4.78, 5) is 9.33. The number of anilines is 2. The van der Waals surface area contributed by atoms with Crippen molar-refractivity contribution in [2.45, 2.75) is 24.3 Å². The van der Waals surface area contributed by atoms with Gasteiger partial charge in [-0.1, -0.05) is 49.0 Å². The molecule has 2 aromatic heterocycles. The molecule has 0 spiro atoms. The molecule has 4 rings (SSSR count). The molecule has 0 fully saturated rings. The van der Waals surface area contributed by atoms with Gasteiger partial charge in [-0.3, -0.25) is 0 Å². The zero-order valence-corrected chi connectivity index (χ0v) is 15.0. The minimum absolute atomic E-state index is 0.538. The summed E-state index contributed by atoms with van der Waals surface area (Å²) in [6.07, 6.45) is 0.731. The maximum absolute atomic E-state index is 5.55. The van der Waals surface area contributed by atoms with E-state index in [0.717, 1.165) is 28.8 Å². The van der Waals surface area contributed by atoms with E-state index in [9.17, 15) is 0 Å². The van der Waals surface area contributed by atoms with Crippen LogP contribution in [0.2, 0.25) is 0 Å². The van der Waals surface area contributed by atoms with Crippen molar-refractivity contribution >= 4 is 34.2 Å². The summed E-state index contributed by atoms with van der Waals surface area (Å²) in [5.74, 6) is 2.55. The SMILES string of the molecule is CCc1nnc(CSc2nc(Nc3ccccc3)c3ccccc3n2)o1. The first-order valence-electron chi connectivity index (χ1n) is 8.34. The number of aryl methyl sites for hydroxylation is 1. The molecule has 0 saturated heterocycles. The second kappa shape index (κ2) is 7.53. The van der Waals surface area contributed by atoms with E-state index in [-0.39, 0.29) is 0 Å². The molecule has 0 amide bonds. The number of nitrogens with zero attached hydrogens (tertiary/aromatic N) is 4. The van der Waals surface area contributed by atoms with Crippen LogP contribution in [0.15, 0.2) is 64.2 Å². The van der Waals surface area contributed by atoms with Crippen LogP contribution < -0.4 is 5.32 Å². The summed E-state index contributed by atoms with van der Waals surface area (Å²) in [6, 6.07) is 17.9. The smallest absolute Gasteiger partial charge is 0.226 e. The van der Waals surface area contributed by atoms with Gasteiger partial charge in [0.25, 0.3) is 0 Å². The molecule has 0 radical (unpaired) electrons. The third kappa shape index (κ3) is 3.67. The molecule has 0 aliphatic heterocycles. The van der Waals surface area contributed by atoms with Crippen molar-refractivity contribution in [2.24, 2.45) is 0 Å². The monoisotopic (exact) mass is 363 g/mol. The first-order valence-corrected chi connectivity index (χ1v) is 9.33. The summed E-state index contributed by atoms with van der Waals surface area (Å²) in [5.41, 5.74) is 1.87. The van der Waals surface area contributed by atoms with Crippen molar-refractivity contribution in [3.63, 3.8) is 0 Å². The van der Waals surface area contributed by atoms with E-state index < -0.39 is 0 Å². The molecule has 7 heteroatoms. The normalized spacial score (nSPS) is 11.0. The molecule has 0 unspecified atom stereocenters. The molecule has 130 valence electrons. The zero-order chi connectivity index (χ0) is 17.8. The molecule has 26 heavy (non-hydrogen) atoms. The quantitative estimate of drug-likeness (QED) is 0.396. The molecule has 0 bridgehead atoms. The molecular formula is C19H17N5OS. The number of fused-ring (bicyclic) bond motifs is 1. The second-order valence-corrected chi connectivity index (χ2v) is 6.54. The number of hydrogen-bond acceptors (Lipinski definition) is 7. The molecular weight excluding hydrogens is 346 g/mol. The average Bonchev–Trinajstić information content (AvgIpc) is 3.15. The molecule has 1 N–H and O–H groups in total. The van der Waals surface area contributed by atoms with E-state index >= 15 is 0 Å². The zero-order valence-electron chi connectivity index (χ0n) is 14.2. The number of hydrogen-bond donors (Lipinski definition) is 1. The van der Waals surface area contributed by atoms with Crippen molar-refractivity contribution < 1.29 is 4.42 Å². The van der Waals surface area contributed by atoms with Gasteiger partial charge in [0.1, 0.15) is 5.82 Å². The van der Waals surface area contributed by atoms with E-state index in [0.29, 0.717) is 22.7 Å². The number of rotatable bonds is 6. The fourth-order valence-corrected chi connectivity index (χ4v) is 3.18. The lowest BCUT2D eigenvalue weighted by molar-refractivity contribution is 0.470. The lowest BCUT2D eigenvalue weighted by atomic mass is 10.2. The van der Waals surface area contributed by atoms with Gasteiger partial charge in [0.2, 0.25) is 11.8 Å². The van der Waals surface area contributed by atoms with Crippen LogP contribution in [-0.4, -0.2) is 20.2 Å². The van der Waals surface area contributed by atoms with E-state index in [4.69, 9.17) is 4.42 Å². The molecule has 2 aromatic carbocycles. The Morgan fingerprint density at radius 3 is 2.50 bits per heavy atom. The lowest BCUT2D eigenvalue weighted by Crippen LogP contribution is -1.98. The van der Waals surface area contributed by atoms with E-state index in [2.05, 4.69) is 25.5 Å². The van der Waals surface area contributed by atoms with Gasteiger partial charge in [-0.2, -0.15) is 0 Å². The molecule has 4 aromatic rings. The van der Waals surface area contributed by atoms with E-state index in [1.165, 1.54) is 11.8 Å². The standard InChI is InChI=1S/C19H17N5OS/c1-2-16-23-24-17(25-16)12-26-19-21-15-11-7-6-10-14(15)18(22-19)20-13-8-4-3-5-9-13/h3-11H,2,12H2,1H3,(H,20,21,22). The Hall–Kier alpha value is -2.93. The largest absolute Gasteiger partial charge is 0.424 e. The minimum atomic E-state index is 0.538. The van der Waals surface area contributed by atoms with Gasteiger partial charge in [-0.15, -0.1) is 10.2 Å². The van der Waals surface area contributed by atoms with Crippen molar-refractivity contribution in [1.29, 1.82) is 0 Å². The topological polar surface area (TPSA) is 76.7 Å². The van der Waals surface area contributed by atoms with Gasteiger partial charge in [0.15, 0.2) is 5.16 Å². The predicted molar refractivity (Wildman–Crippen MR) is 102 cm³/mol. The van der Waals surface area contributed by atoms with Crippen molar-refractivity contribution in [3.8, 4) is 0 Å². The number of thioether (sulfide) groups is 1. The van der Waals surface area contributed by atoms with Gasteiger partial charge in [-0.05, 0) is 24.3 Å². The van der Waals surface area contributed by atoms with Crippen LogP contribution in [0.5, 0.6) is 0 Å². The van der Waals surface area contributed by atoms with Crippen LogP contribution in [0.4, 0.5) is 11.5 Å². The summed E-state index contributed by atoms with van der Waals surface area (Å²) < 4.78 is 5.55. The Balaban J connectivity index is 1.62. The Kier molecular flexibility index (Phi) is 4.79. The Labute approximate surface area is 155 Å². The van der Waals surface area contributed by atoms with Crippen LogP contribution >= 0.6 is 11.8 Å². The van der Waals surface area contributed by atoms with Gasteiger partial charge in [0, 0.05) is 17.5 Å². The summed E-state index contributed by atoms with van der Waals surface area (Å²) >= 11 is 1.48. The van der Waals surface area contributed by atoms with E-state index in [1.807, 2.05) is 61.5 Å². The molecule has 0 aliphatic rings. The van der Waals surface area contributed by atoms with Crippen molar-refractivity contribution in [1.82, 2.24) is 20.2 Å². The van der Waals surface area contributed by atoms with Crippen molar-refractivity contribution in [2.75, 3.05) is 5.32 Å². The Bertz CT molecular complexity index is 1020. The van der Waals surface area contributed by atoms with Crippen LogP contribution in [-0.2, 0) is 12.2 Å². The summed E-state index contributed by atoms with van der Waals surface area (Å²) in [5, 5.41) is 13.1. The third-order valence-electron chi connectivity index (χ3n) is 3.76. The molecule has 0 atom stereocenters. The van der Waals surface area contributed by atoms with Crippen LogP contribution in [0.1, 0.15) is 18.7 Å². The Morgan fingerprint density at radius 1 is 0.923 bits per heavy atom. The first-order chi connectivity index (χ1) is 12.8. The van der Waals surface area contributed by atoms with Gasteiger partial charge in [0.05, 0.1) is 11.3 Å². The second-order valence-electron chi connectivity index (χ2n) is 5.59. The molecule has 0 saturated carbocycles. The number of aromatic nitrogens is 4. The maximum atomic E-state index is 5.55. The fourth-order valence-electron chi connectivity index (χ4n) is 2.49. The van der Waals surface area contributed by atoms with Crippen LogP contribution in [0, 0.1) is 0 Å². The highest BCUT2D eigenvalue weighted by Gasteiger charge is 2.11. The average molecular weight is 363 g/mol. The summed E-state index contributed by atoms with van der Waals surface area (Å²) in [7, 11) is 0.